The monoisotopic (exact) mass is 356 g/mol. The van der Waals surface area contributed by atoms with Gasteiger partial charge in [-0.05, 0) is 46.4 Å². The standard InChI is InChI=1S/C24H20O3/c1-27-18-12-13-19-21(14-18)20(16-8-4-2-5-9-16)15-22(24(25)26)23(19)17-10-6-3-7-11-17/h2-14,20H,15H2,1H3,(H,25,26). The first-order chi connectivity index (χ1) is 13.2. The summed E-state index contributed by atoms with van der Waals surface area (Å²) in [5, 5.41) is 9.98. The van der Waals surface area contributed by atoms with Crippen molar-refractivity contribution in [2.24, 2.45) is 0 Å². The second-order valence-corrected chi connectivity index (χ2v) is 6.65. The minimum atomic E-state index is -0.865. The van der Waals surface area contributed by atoms with E-state index < -0.39 is 5.97 Å². The highest BCUT2D eigenvalue weighted by molar-refractivity contribution is 6.02. The van der Waals surface area contributed by atoms with E-state index in [9.17, 15) is 9.90 Å². The Hall–Kier alpha value is -3.33. The first kappa shape index (κ1) is 17.1. The van der Waals surface area contributed by atoms with Gasteiger partial charge in [0.15, 0.2) is 0 Å². The van der Waals surface area contributed by atoms with Gasteiger partial charge in [0.2, 0.25) is 0 Å². The van der Waals surface area contributed by atoms with Gasteiger partial charge in [-0.2, -0.15) is 0 Å². The SMILES string of the molecule is COc1ccc2c(c1)C(c1ccccc1)CC(C(=O)O)=C2c1ccccc1. The summed E-state index contributed by atoms with van der Waals surface area (Å²) in [5.74, 6) is -0.105. The van der Waals surface area contributed by atoms with Crippen LogP contribution in [-0.4, -0.2) is 18.2 Å². The van der Waals surface area contributed by atoms with Crippen LogP contribution in [0.15, 0.2) is 84.4 Å². The second-order valence-electron chi connectivity index (χ2n) is 6.65. The smallest absolute Gasteiger partial charge is 0.332 e. The van der Waals surface area contributed by atoms with Crippen LogP contribution in [-0.2, 0) is 4.79 Å². The highest BCUT2D eigenvalue weighted by Gasteiger charge is 2.31. The summed E-state index contributed by atoms with van der Waals surface area (Å²) in [6, 6.07) is 25.7. The maximum absolute atomic E-state index is 12.2. The lowest BCUT2D eigenvalue weighted by atomic mass is 9.74. The summed E-state index contributed by atoms with van der Waals surface area (Å²) in [4.78, 5) is 12.2. The molecule has 134 valence electrons. The number of carboxylic acids is 1. The van der Waals surface area contributed by atoms with Crippen LogP contribution in [0.25, 0.3) is 5.57 Å². The lowest BCUT2D eigenvalue weighted by molar-refractivity contribution is -0.132. The fourth-order valence-corrected chi connectivity index (χ4v) is 3.87. The molecule has 1 atom stereocenters. The minimum Gasteiger partial charge on any atom is -0.497 e. The summed E-state index contributed by atoms with van der Waals surface area (Å²) in [6.45, 7) is 0. The summed E-state index contributed by atoms with van der Waals surface area (Å²) in [6.07, 6.45) is 0.448. The zero-order valence-electron chi connectivity index (χ0n) is 15.1. The number of carbonyl (C=O) groups is 1. The van der Waals surface area contributed by atoms with E-state index in [0.29, 0.717) is 12.0 Å². The molecule has 0 amide bonds. The molecular weight excluding hydrogens is 336 g/mol. The number of hydrogen-bond donors (Lipinski definition) is 1. The van der Waals surface area contributed by atoms with Crippen LogP contribution in [0.4, 0.5) is 0 Å². The molecule has 1 aliphatic rings. The average molecular weight is 356 g/mol. The average Bonchev–Trinajstić information content (AvgIpc) is 2.73. The van der Waals surface area contributed by atoms with Crippen molar-refractivity contribution in [1.29, 1.82) is 0 Å². The van der Waals surface area contributed by atoms with Crippen molar-refractivity contribution in [3.63, 3.8) is 0 Å². The van der Waals surface area contributed by atoms with Crippen molar-refractivity contribution >= 4 is 11.5 Å². The van der Waals surface area contributed by atoms with Crippen LogP contribution >= 0.6 is 0 Å². The Kier molecular flexibility index (Phi) is 4.51. The Labute approximate surface area is 158 Å². The molecule has 3 nitrogen and oxygen atoms in total. The van der Waals surface area contributed by atoms with Crippen LogP contribution in [0, 0.1) is 0 Å². The van der Waals surface area contributed by atoms with Gasteiger partial charge >= 0.3 is 5.97 Å². The normalized spacial score (nSPS) is 16.0. The lowest BCUT2D eigenvalue weighted by Gasteiger charge is -2.29. The van der Waals surface area contributed by atoms with Gasteiger partial charge in [0.1, 0.15) is 5.75 Å². The number of benzene rings is 3. The fourth-order valence-electron chi connectivity index (χ4n) is 3.87. The van der Waals surface area contributed by atoms with Crippen molar-refractivity contribution in [3.8, 4) is 5.75 Å². The summed E-state index contributed by atoms with van der Waals surface area (Å²) < 4.78 is 5.45. The number of hydrogen-bond acceptors (Lipinski definition) is 2. The predicted octanol–water partition coefficient (Wildman–Crippen LogP) is 5.12. The van der Waals surface area contributed by atoms with Crippen molar-refractivity contribution in [2.45, 2.75) is 12.3 Å². The zero-order valence-corrected chi connectivity index (χ0v) is 15.1. The van der Waals surface area contributed by atoms with Gasteiger partial charge < -0.3 is 9.84 Å². The van der Waals surface area contributed by atoms with Gasteiger partial charge in [-0.15, -0.1) is 0 Å². The molecule has 0 heterocycles. The molecule has 4 rings (SSSR count). The van der Waals surface area contributed by atoms with E-state index in [4.69, 9.17) is 4.74 Å². The predicted molar refractivity (Wildman–Crippen MR) is 106 cm³/mol. The van der Waals surface area contributed by atoms with Crippen LogP contribution in [0.1, 0.15) is 34.6 Å². The maximum atomic E-state index is 12.2. The number of aliphatic carboxylic acids is 1. The number of methoxy groups -OCH3 is 1. The van der Waals surface area contributed by atoms with Crippen LogP contribution < -0.4 is 4.74 Å². The minimum absolute atomic E-state index is 0.0186. The topological polar surface area (TPSA) is 46.5 Å². The second kappa shape index (κ2) is 7.12. The molecule has 0 aromatic heterocycles. The molecule has 3 aromatic carbocycles. The molecule has 27 heavy (non-hydrogen) atoms. The molecule has 3 aromatic rings. The first-order valence-corrected chi connectivity index (χ1v) is 8.94. The molecule has 0 radical (unpaired) electrons. The first-order valence-electron chi connectivity index (χ1n) is 8.94. The van der Waals surface area contributed by atoms with Crippen LogP contribution in [0.2, 0.25) is 0 Å². The third-order valence-corrected chi connectivity index (χ3v) is 5.14. The van der Waals surface area contributed by atoms with Gasteiger partial charge in [-0.1, -0.05) is 66.7 Å². The molecule has 1 aliphatic carbocycles. The largest absolute Gasteiger partial charge is 0.497 e. The van der Waals surface area contributed by atoms with E-state index in [-0.39, 0.29) is 5.92 Å². The molecule has 0 bridgehead atoms. The van der Waals surface area contributed by atoms with Crippen LogP contribution in [0.3, 0.4) is 0 Å². The molecule has 1 N–H and O–H groups in total. The van der Waals surface area contributed by atoms with E-state index in [1.54, 1.807) is 7.11 Å². The molecule has 0 saturated heterocycles. The van der Waals surface area contributed by atoms with Gasteiger partial charge in [0.25, 0.3) is 0 Å². The number of ether oxygens (including phenoxy) is 1. The fraction of sp³-hybridized carbons (Fsp3) is 0.125. The third kappa shape index (κ3) is 3.13. The third-order valence-electron chi connectivity index (χ3n) is 5.14. The zero-order chi connectivity index (χ0) is 18.8. The highest BCUT2D eigenvalue weighted by Crippen LogP contribution is 2.45. The Morgan fingerprint density at radius 2 is 1.63 bits per heavy atom. The van der Waals surface area contributed by atoms with Gasteiger partial charge in [0.05, 0.1) is 7.11 Å². The molecule has 1 unspecified atom stereocenters. The Morgan fingerprint density at radius 3 is 2.26 bits per heavy atom. The molecular formula is C24H20O3. The van der Waals surface area contributed by atoms with Crippen molar-refractivity contribution in [2.75, 3.05) is 7.11 Å². The van der Waals surface area contributed by atoms with E-state index in [1.165, 1.54) is 0 Å². The van der Waals surface area contributed by atoms with E-state index in [0.717, 1.165) is 33.6 Å². The highest BCUT2D eigenvalue weighted by atomic mass is 16.5. The molecule has 3 heteroatoms. The lowest BCUT2D eigenvalue weighted by Crippen LogP contribution is -2.18. The maximum Gasteiger partial charge on any atom is 0.332 e. The van der Waals surface area contributed by atoms with Gasteiger partial charge in [0, 0.05) is 11.5 Å². The molecule has 0 aliphatic heterocycles. The van der Waals surface area contributed by atoms with Crippen molar-refractivity contribution < 1.29 is 14.6 Å². The Balaban J connectivity index is 1.99. The Morgan fingerprint density at radius 1 is 0.963 bits per heavy atom. The van der Waals surface area contributed by atoms with Crippen molar-refractivity contribution in [1.82, 2.24) is 0 Å². The molecule has 0 saturated carbocycles. The van der Waals surface area contributed by atoms with Gasteiger partial charge in [-0.3, -0.25) is 0 Å². The Bertz CT molecular complexity index is 1000. The number of rotatable bonds is 4. The van der Waals surface area contributed by atoms with Crippen LogP contribution in [0.5, 0.6) is 5.75 Å². The molecule has 0 spiro atoms. The number of fused-ring (bicyclic) bond motifs is 1. The summed E-state index contributed by atoms with van der Waals surface area (Å²) in [7, 11) is 1.65. The quantitative estimate of drug-likeness (QED) is 0.706. The van der Waals surface area contributed by atoms with E-state index in [1.807, 2.05) is 66.7 Å². The number of carboxylic acid groups (broad SMARTS) is 1. The van der Waals surface area contributed by atoms with Crippen molar-refractivity contribution in [3.05, 3.63) is 107 Å². The summed E-state index contributed by atoms with van der Waals surface area (Å²) >= 11 is 0. The van der Waals surface area contributed by atoms with E-state index >= 15 is 0 Å². The van der Waals surface area contributed by atoms with Gasteiger partial charge in [-0.25, -0.2) is 4.79 Å². The molecule has 0 fully saturated rings. The summed E-state index contributed by atoms with van der Waals surface area (Å²) in [5.41, 5.74) is 5.34. The van der Waals surface area contributed by atoms with E-state index in [2.05, 4.69) is 12.1 Å².